The van der Waals surface area contributed by atoms with Crippen LogP contribution in [-0.2, 0) is 14.8 Å². The third kappa shape index (κ3) is 2.65. The van der Waals surface area contributed by atoms with Crippen LogP contribution in [-0.4, -0.2) is 27.8 Å². The van der Waals surface area contributed by atoms with Crippen LogP contribution < -0.4 is 3.82 Å². The molecule has 0 spiro atoms. The second-order valence-electron chi connectivity index (χ2n) is 2.99. The highest BCUT2D eigenvalue weighted by Gasteiger charge is 2.21. The van der Waals surface area contributed by atoms with E-state index in [0.29, 0.717) is 3.82 Å². The maximum atomic E-state index is 11.4. The van der Waals surface area contributed by atoms with Crippen LogP contribution >= 0.6 is 11.8 Å². The van der Waals surface area contributed by atoms with E-state index in [1.807, 2.05) is 0 Å². The molecule has 0 atom stereocenters. The van der Waals surface area contributed by atoms with Crippen molar-refractivity contribution in [2.24, 2.45) is 0 Å². The number of carbonyl (C=O) groups excluding carboxylic acids is 1. The van der Waals surface area contributed by atoms with Gasteiger partial charge in [0.1, 0.15) is 0 Å². The molecule has 0 amide bonds. The molecule has 0 bridgehead atoms. The van der Waals surface area contributed by atoms with E-state index in [0.717, 1.165) is 6.26 Å². The molecule has 7 heteroatoms. The topological polar surface area (TPSA) is 63.7 Å². The predicted molar refractivity (Wildman–Crippen MR) is 61.0 cm³/mol. The Morgan fingerprint density at radius 2 is 1.94 bits per heavy atom. The van der Waals surface area contributed by atoms with E-state index in [9.17, 15) is 13.2 Å². The largest absolute Gasteiger partial charge is 0.465 e. The molecule has 1 aromatic rings. The maximum Gasteiger partial charge on any atom is 0.340 e. The van der Waals surface area contributed by atoms with Crippen molar-refractivity contribution in [3.63, 3.8) is 0 Å². The third-order valence-corrected chi connectivity index (χ3v) is 3.50. The number of hydrogen-bond acceptors (Lipinski definition) is 4. The van der Waals surface area contributed by atoms with E-state index in [-0.39, 0.29) is 11.3 Å². The maximum absolute atomic E-state index is 11.4. The van der Waals surface area contributed by atoms with E-state index in [1.165, 1.54) is 19.2 Å². The van der Waals surface area contributed by atoms with Gasteiger partial charge in [0.25, 0.3) is 0 Å². The number of anilines is 1. The SMILES string of the molecule is COC(=O)c1ccccc1N(Cl)S(C)(=O)=O. The summed E-state index contributed by atoms with van der Waals surface area (Å²) in [5.74, 6) is -0.648. The van der Waals surface area contributed by atoms with Crippen molar-refractivity contribution in [1.82, 2.24) is 0 Å². The minimum atomic E-state index is -3.63. The van der Waals surface area contributed by atoms with Crippen LogP contribution in [0.2, 0.25) is 0 Å². The van der Waals surface area contributed by atoms with Crippen molar-refractivity contribution in [3.8, 4) is 0 Å². The molecule has 0 heterocycles. The molecule has 16 heavy (non-hydrogen) atoms. The molecular formula is C9H10ClNO4S. The Morgan fingerprint density at radius 3 is 2.44 bits per heavy atom. The molecule has 0 N–H and O–H groups in total. The number of esters is 1. The average molecular weight is 264 g/mol. The monoisotopic (exact) mass is 263 g/mol. The lowest BCUT2D eigenvalue weighted by atomic mass is 10.2. The quantitative estimate of drug-likeness (QED) is 0.611. The molecular weight excluding hydrogens is 254 g/mol. The van der Waals surface area contributed by atoms with E-state index in [4.69, 9.17) is 11.8 Å². The van der Waals surface area contributed by atoms with E-state index in [2.05, 4.69) is 4.74 Å². The standard InChI is InChI=1S/C9H10ClNO4S/c1-15-9(12)7-5-3-4-6-8(7)11(10)16(2,13)14/h3-6H,1-2H3. The lowest BCUT2D eigenvalue weighted by Crippen LogP contribution is -2.21. The zero-order valence-corrected chi connectivity index (χ0v) is 10.2. The highest BCUT2D eigenvalue weighted by molar-refractivity contribution is 7.93. The van der Waals surface area contributed by atoms with Gasteiger partial charge in [-0.1, -0.05) is 12.1 Å². The smallest absolute Gasteiger partial charge is 0.340 e. The van der Waals surface area contributed by atoms with Gasteiger partial charge in [0, 0.05) is 11.8 Å². The number of sulfonamides is 1. The van der Waals surface area contributed by atoms with Crippen LogP contribution in [0.3, 0.4) is 0 Å². The molecule has 0 aliphatic heterocycles. The summed E-state index contributed by atoms with van der Waals surface area (Å²) in [4.78, 5) is 11.4. The van der Waals surface area contributed by atoms with Gasteiger partial charge in [-0.2, -0.15) is 3.82 Å². The zero-order valence-electron chi connectivity index (χ0n) is 8.68. The molecule has 0 aromatic heterocycles. The van der Waals surface area contributed by atoms with E-state index in [1.54, 1.807) is 12.1 Å². The summed E-state index contributed by atoms with van der Waals surface area (Å²) in [6.07, 6.45) is 0.939. The second kappa shape index (κ2) is 4.71. The molecule has 0 aliphatic carbocycles. The summed E-state index contributed by atoms with van der Waals surface area (Å²) in [5.41, 5.74) is 0.156. The van der Waals surface area contributed by atoms with Gasteiger partial charge < -0.3 is 4.74 Å². The number of benzene rings is 1. The number of nitrogens with zero attached hydrogens (tertiary/aromatic N) is 1. The average Bonchev–Trinajstić information content (AvgIpc) is 2.25. The minimum absolute atomic E-state index is 0.0681. The van der Waals surface area contributed by atoms with Gasteiger partial charge in [0.2, 0.25) is 10.0 Å². The van der Waals surface area contributed by atoms with Crippen LogP contribution in [0.25, 0.3) is 0 Å². The van der Waals surface area contributed by atoms with Crippen LogP contribution in [0, 0.1) is 0 Å². The third-order valence-electron chi connectivity index (χ3n) is 1.79. The first-order chi connectivity index (χ1) is 7.38. The second-order valence-corrected chi connectivity index (χ2v) is 5.36. The number of rotatable bonds is 3. The fraction of sp³-hybridized carbons (Fsp3) is 0.222. The molecule has 0 fully saturated rings. The Kier molecular flexibility index (Phi) is 3.77. The minimum Gasteiger partial charge on any atom is -0.465 e. The van der Waals surface area contributed by atoms with Gasteiger partial charge in [-0.3, -0.25) is 0 Å². The Bertz CT molecular complexity index is 500. The number of hydrogen-bond donors (Lipinski definition) is 0. The number of halogens is 1. The van der Waals surface area contributed by atoms with Crippen LogP contribution in [0.5, 0.6) is 0 Å². The normalized spacial score (nSPS) is 10.9. The van der Waals surface area contributed by atoms with E-state index < -0.39 is 16.0 Å². The number of para-hydroxylation sites is 1. The first-order valence-corrected chi connectivity index (χ1v) is 6.40. The van der Waals surface area contributed by atoms with Crippen LogP contribution in [0.1, 0.15) is 10.4 Å². The molecule has 1 aromatic carbocycles. The zero-order chi connectivity index (χ0) is 12.3. The van der Waals surface area contributed by atoms with Gasteiger partial charge in [0.05, 0.1) is 24.6 Å². The fourth-order valence-corrected chi connectivity index (χ4v) is 1.75. The van der Waals surface area contributed by atoms with Gasteiger partial charge in [-0.15, -0.1) is 0 Å². The Labute approximate surface area is 98.7 Å². The Morgan fingerprint density at radius 1 is 1.38 bits per heavy atom. The highest BCUT2D eigenvalue weighted by Crippen LogP contribution is 2.25. The highest BCUT2D eigenvalue weighted by atomic mass is 35.5. The van der Waals surface area contributed by atoms with Crippen molar-refractivity contribution >= 4 is 33.5 Å². The van der Waals surface area contributed by atoms with E-state index >= 15 is 0 Å². The van der Waals surface area contributed by atoms with Crippen LogP contribution in [0.4, 0.5) is 5.69 Å². The number of ether oxygens (including phenoxy) is 1. The molecule has 88 valence electrons. The van der Waals surface area contributed by atoms with Crippen molar-refractivity contribution in [3.05, 3.63) is 29.8 Å². The number of methoxy groups -OCH3 is 1. The van der Waals surface area contributed by atoms with Gasteiger partial charge in [-0.05, 0) is 12.1 Å². The summed E-state index contributed by atoms with van der Waals surface area (Å²) in [5, 5.41) is 0. The molecule has 0 aliphatic rings. The van der Waals surface area contributed by atoms with Crippen molar-refractivity contribution < 1.29 is 17.9 Å². The summed E-state index contributed by atoms with van der Waals surface area (Å²) >= 11 is 5.63. The fourth-order valence-electron chi connectivity index (χ4n) is 1.09. The Balaban J connectivity index is 3.29. The summed E-state index contributed by atoms with van der Waals surface area (Å²) in [7, 11) is -2.42. The summed E-state index contributed by atoms with van der Waals surface area (Å²) in [6.45, 7) is 0. The van der Waals surface area contributed by atoms with Gasteiger partial charge in [0.15, 0.2) is 0 Å². The molecule has 5 nitrogen and oxygen atoms in total. The lowest BCUT2D eigenvalue weighted by Gasteiger charge is -2.15. The number of carbonyl (C=O) groups is 1. The lowest BCUT2D eigenvalue weighted by molar-refractivity contribution is 0.0602. The van der Waals surface area contributed by atoms with Crippen molar-refractivity contribution in [2.45, 2.75) is 0 Å². The summed E-state index contributed by atoms with van der Waals surface area (Å²) < 4.78 is 27.5. The van der Waals surface area contributed by atoms with Gasteiger partial charge >= 0.3 is 5.97 Å². The first-order valence-electron chi connectivity index (χ1n) is 4.21. The molecule has 0 unspecified atom stereocenters. The van der Waals surface area contributed by atoms with Crippen LogP contribution in [0.15, 0.2) is 24.3 Å². The molecule has 1 rings (SSSR count). The van der Waals surface area contributed by atoms with Gasteiger partial charge in [-0.25, -0.2) is 13.2 Å². The van der Waals surface area contributed by atoms with Crippen molar-refractivity contribution in [1.29, 1.82) is 0 Å². The first kappa shape index (κ1) is 12.8. The summed E-state index contributed by atoms with van der Waals surface area (Å²) in [6, 6.07) is 6.01. The molecule has 0 saturated heterocycles. The Hall–Kier alpha value is -1.27. The predicted octanol–water partition coefficient (Wildman–Crippen LogP) is 1.39. The molecule has 0 radical (unpaired) electrons. The molecule has 0 saturated carbocycles. The van der Waals surface area contributed by atoms with Crippen molar-refractivity contribution in [2.75, 3.05) is 17.2 Å².